The predicted molar refractivity (Wildman–Crippen MR) is 51.6 cm³/mol. The number of alkyl halides is 2. The number of benzene rings is 1. The number of nitrogens with one attached hydrogen (secondary N) is 1. The van der Waals surface area contributed by atoms with E-state index >= 15 is 0 Å². The monoisotopic (exact) mass is 251 g/mol. The normalized spacial score (nSPS) is 12.2. The van der Waals surface area contributed by atoms with Crippen LogP contribution in [0.5, 0.6) is 0 Å². The molecule has 1 amide bonds. The van der Waals surface area contributed by atoms with Gasteiger partial charge in [0.05, 0.1) is 0 Å². The van der Waals surface area contributed by atoms with E-state index in [0.717, 1.165) is 0 Å². The molecule has 0 unspecified atom stereocenters. The maximum atomic E-state index is 12.8. The fraction of sp³-hybridized carbons (Fsp3) is 0.125. The van der Waals surface area contributed by atoms with Gasteiger partial charge in [0, 0.05) is 5.69 Å². The van der Waals surface area contributed by atoms with E-state index in [0.29, 0.717) is 0 Å². The first kappa shape index (κ1) is 12.5. The molecule has 0 aliphatic rings. The molecule has 0 spiro atoms. The van der Waals surface area contributed by atoms with Crippen molar-refractivity contribution in [3.8, 4) is 0 Å². The van der Waals surface area contributed by atoms with Crippen LogP contribution in [0.4, 0.5) is 14.5 Å². The van der Waals surface area contributed by atoms with Crippen molar-refractivity contribution in [2.75, 3.05) is 5.32 Å². The largest absolute Gasteiger partial charge is 0.446 e. The lowest BCUT2D eigenvalue weighted by Gasteiger charge is -2.12. The highest BCUT2D eigenvalue weighted by Crippen LogP contribution is 2.22. The topological polar surface area (TPSA) is 83.5 Å². The molecular weight excluding hydrogens is 244 g/mol. The van der Waals surface area contributed by atoms with Gasteiger partial charge in [-0.15, -0.1) is 0 Å². The van der Waals surface area contributed by atoms with Crippen molar-refractivity contribution in [1.82, 2.24) is 0 Å². The quantitative estimate of drug-likeness (QED) is 0.788. The zero-order valence-electron chi connectivity index (χ0n) is 7.72. The molecule has 5 nitrogen and oxygen atoms in total. The van der Waals surface area contributed by atoms with Crippen LogP contribution in [-0.4, -0.2) is 24.1 Å². The summed E-state index contributed by atoms with van der Waals surface area (Å²) in [4.78, 5) is 10.9. The smallest absolute Gasteiger partial charge is 0.320 e. The van der Waals surface area contributed by atoms with Gasteiger partial charge in [0.1, 0.15) is 0 Å². The van der Waals surface area contributed by atoms with Gasteiger partial charge in [-0.25, -0.2) is 0 Å². The Bertz CT molecular complexity index is 486. The standard InChI is InChI=1S/C8H7F2NO4S/c9-8(10,16(13,14)15)7(12)11-6-4-2-1-3-5-6/h1-5H,(H,11,12)(H,13,14,15). The summed E-state index contributed by atoms with van der Waals surface area (Å²) in [6, 6.07) is 7.08. The number of carbonyl (C=O) groups excluding carboxylic acids is 1. The molecule has 0 aliphatic carbocycles. The van der Waals surface area contributed by atoms with Crippen molar-refractivity contribution >= 4 is 21.7 Å². The average Bonchev–Trinajstić information content (AvgIpc) is 2.17. The summed E-state index contributed by atoms with van der Waals surface area (Å²) >= 11 is 0. The van der Waals surface area contributed by atoms with Crippen molar-refractivity contribution in [2.24, 2.45) is 0 Å². The predicted octanol–water partition coefficient (Wildman–Crippen LogP) is 1.11. The van der Waals surface area contributed by atoms with Crippen molar-refractivity contribution < 1.29 is 26.5 Å². The van der Waals surface area contributed by atoms with E-state index in [-0.39, 0.29) is 5.69 Å². The van der Waals surface area contributed by atoms with Gasteiger partial charge in [0.15, 0.2) is 0 Å². The van der Waals surface area contributed by atoms with Crippen molar-refractivity contribution in [2.45, 2.75) is 5.25 Å². The minimum absolute atomic E-state index is 0.00387. The molecule has 0 aliphatic heterocycles. The number of hydrogen-bond acceptors (Lipinski definition) is 3. The third-order valence-electron chi connectivity index (χ3n) is 1.62. The number of anilines is 1. The summed E-state index contributed by atoms with van der Waals surface area (Å²) in [5, 5.41) is -3.21. The van der Waals surface area contributed by atoms with E-state index in [1.807, 2.05) is 0 Å². The highest BCUT2D eigenvalue weighted by Gasteiger charge is 2.52. The second-order valence-corrected chi connectivity index (χ2v) is 4.27. The zero-order chi connectivity index (χ0) is 12.4. The lowest BCUT2D eigenvalue weighted by atomic mass is 10.3. The van der Waals surface area contributed by atoms with Crippen LogP contribution in [0.2, 0.25) is 0 Å². The van der Waals surface area contributed by atoms with Gasteiger partial charge in [-0.05, 0) is 12.1 Å². The van der Waals surface area contributed by atoms with Gasteiger partial charge in [-0.2, -0.15) is 17.2 Å². The van der Waals surface area contributed by atoms with E-state index < -0.39 is 21.3 Å². The Hall–Kier alpha value is -1.54. The lowest BCUT2D eigenvalue weighted by Crippen LogP contribution is -2.41. The Balaban J connectivity index is 2.90. The fourth-order valence-electron chi connectivity index (χ4n) is 0.842. The highest BCUT2D eigenvalue weighted by atomic mass is 32.2. The van der Waals surface area contributed by atoms with E-state index in [1.54, 1.807) is 11.4 Å². The van der Waals surface area contributed by atoms with Crippen LogP contribution in [0.3, 0.4) is 0 Å². The Kier molecular flexibility index (Phi) is 3.24. The van der Waals surface area contributed by atoms with Crippen LogP contribution < -0.4 is 5.32 Å². The molecule has 0 saturated carbocycles. The van der Waals surface area contributed by atoms with Gasteiger partial charge in [-0.1, -0.05) is 18.2 Å². The summed E-state index contributed by atoms with van der Waals surface area (Å²) in [5.74, 6) is -2.11. The number of amides is 1. The van der Waals surface area contributed by atoms with Crippen LogP contribution in [0, 0.1) is 0 Å². The molecule has 1 rings (SSSR count). The first-order valence-electron chi connectivity index (χ1n) is 3.96. The third kappa shape index (κ3) is 2.52. The molecule has 16 heavy (non-hydrogen) atoms. The van der Waals surface area contributed by atoms with Crippen molar-refractivity contribution in [3.63, 3.8) is 0 Å². The first-order valence-corrected chi connectivity index (χ1v) is 5.40. The minimum atomic E-state index is -5.77. The second kappa shape index (κ2) is 4.14. The molecule has 1 aromatic rings. The lowest BCUT2D eigenvalue weighted by molar-refractivity contribution is -0.130. The number of carbonyl (C=O) groups is 1. The van der Waals surface area contributed by atoms with Crippen LogP contribution in [0.15, 0.2) is 30.3 Å². The molecule has 0 bridgehead atoms. The summed E-state index contributed by atoms with van der Waals surface area (Å²) in [7, 11) is -5.77. The average molecular weight is 251 g/mol. The van der Waals surface area contributed by atoms with Gasteiger partial charge in [0.25, 0.3) is 0 Å². The molecule has 1 aromatic carbocycles. The van der Waals surface area contributed by atoms with Crippen LogP contribution in [-0.2, 0) is 14.9 Å². The van der Waals surface area contributed by atoms with Crippen LogP contribution >= 0.6 is 0 Å². The number of rotatable bonds is 3. The first-order chi connectivity index (χ1) is 7.25. The molecule has 0 aromatic heterocycles. The Morgan fingerprint density at radius 2 is 1.75 bits per heavy atom. The van der Waals surface area contributed by atoms with Gasteiger partial charge >= 0.3 is 21.3 Å². The SMILES string of the molecule is O=C(Nc1ccccc1)C(F)(F)S(=O)(=O)O. The fourth-order valence-corrected chi connectivity index (χ4v) is 1.13. The van der Waals surface area contributed by atoms with E-state index in [4.69, 9.17) is 4.55 Å². The summed E-state index contributed by atoms with van der Waals surface area (Å²) in [6.45, 7) is 0. The van der Waals surface area contributed by atoms with E-state index in [9.17, 15) is 22.0 Å². The summed E-state index contributed by atoms with van der Waals surface area (Å²) < 4.78 is 54.1. The molecule has 2 N–H and O–H groups in total. The highest BCUT2D eigenvalue weighted by molar-refractivity contribution is 7.87. The Morgan fingerprint density at radius 1 is 1.25 bits per heavy atom. The summed E-state index contributed by atoms with van der Waals surface area (Å²) in [5.41, 5.74) is -0.00387. The van der Waals surface area contributed by atoms with Gasteiger partial charge in [-0.3, -0.25) is 9.35 Å². The van der Waals surface area contributed by atoms with E-state index in [2.05, 4.69) is 0 Å². The molecule has 0 radical (unpaired) electrons. The van der Waals surface area contributed by atoms with Crippen LogP contribution in [0.1, 0.15) is 0 Å². The molecule has 88 valence electrons. The number of para-hydroxylation sites is 1. The van der Waals surface area contributed by atoms with E-state index in [1.165, 1.54) is 24.3 Å². The minimum Gasteiger partial charge on any atom is -0.320 e. The third-order valence-corrected chi connectivity index (χ3v) is 2.45. The number of hydrogen-bond donors (Lipinski definition) is 2. The molecule has 0 heterocycles. The second-order valence-electron chi connectivity index (χ2n) is 2.81. The summed E-state index contributed by atoms with van der Waals surface area (Å²) in [6.07, 6.45) is 0. The van der Waals surface area contributed by atoms with Gasteiger partial charge in [0.2, 0.25) is 0 Å². The maximum absolute atomic E-state index is 12.8. The van der Waals surface area contributed by atoms with Crippen molar-refractivity contribution in [1.29, 1.82) is 0 Å². The Labute approximate surface area is 89.8 Å². The maximum Gasteiger partial charge on any atom is 0.446 e. The number of halogens is 2. The van der Waals surface area contributed by atoms with Gasteiger partial charge < -0.3 is 5.32 Å². The molecule has 0 saturated heterocycles. The van der Waals surface area contributed by atoms with Crippen LogP contribution in [0.25, 0.3) is 0 Å². The zero-order valence-corrected chi connectivity index (χ0v) is 8.54. The molecule has 8 heteroatoms. The molecule has 0 fully saturated rings. The molecule has 0 atom stereocenters. The molecular formula is C8H7F2NO4S. The van der Waals surface area contributed by atoms with Crippen molar-refractivity contribution in [3.05, 3.63) is 30.3 Å². The Morgan fingerprint density at radius 3 is 2.19 bits per heavy atom.